The highest BCUT2D eigenvalue weighted by Crippen LogP contribution is 2.26. The summed E-state index contributed by atoms with van der Waals surface area (Å²) in [5.74, 6) is -3.27. The molecular formula is C73H116O12. The predicted octanol–water partition coefficient (Wildman–Crippen LogP) is 18.1. The first kappa shape index (κ1) is 77.9. The molecule has 0 amide bonds. The van der Waals surface area contributed by atoms with Crippen LogP contribution < -0.4 is 0 Å². The standard InChI is InChI=1S/C73H116O12/c1-4-7-10-13-16-19-22-25-28-31-33-36-38-41-44-47-50-53-56-59-65(74)81-62-64(83-66(75)60-57-54-51-48-45-42-40-37-34-32-29-26-23-20-17-14-11-8-5-2)63-82-73-71(69(78)68(77)70(85-73)72(79)80)84-67(76)61-58-55-52-49-46-43-39-35-30-27-24-21-18-15-12-9-6-3/h7,9-10,12,16,18-19,21,25-30,33,36,39,41,43-44,50,53,64,68-71,73,77-78H,4-6,8,11,13-15,17,20,22-24,31-32,34-35,37-38,40,42,45-49,51-52,54-63H2,1-3H3,(H,79,80)/b10-7-,12-9-,19-16-,21-18-,28-25-,29-26-,30-27-,36-33-,43-39-,44-41-,53-50-. The summed E-state index contributed by atoms with van der Waals surface area (Å²) in [6, 6.07) is 0. The van der Waals surface area contributed by atoms with Crippen molar-refractivity contribution >= 4 is 23.9 Å². The van der Waals surface area contributed by atoms with E-state index in [1.54, 1.807) is 0 Å². The number of carbonyl (C=O) groups excluding carboxylic acids is 3. The summed E-state index contributed by atoms with van der Waals surface area (Å²) in [6.07, 6.45) is 71.3. The molecule has 3 N–H and O–H groups in total. The second kappa shape index (κ2) is 59.2. The fourth-order valence-electron chi connectivity index (χ4n) is 9.20. The van der Waals surface area contributed by atoms with Gasteiger partial charge in [0.2, 0.25) is 0 Å². The number of aliphatic carboxylic acids is 1. The minimum absolute atomic E-state index is 0.0185. The average Bonchev–Trinajstić information content (AvgIpc) is 3.46. The molecule has 0 saturated carbocycles. The van der Waals surface area contributed by atoms with Crippen LogP contribution in [0.1, 0.15) is 252 Å². The topological polar surface area (TPSA) is 175 Å². The van der Waals surface area contributed by atoms with Crippen LogP contribution in [0.3, 0.4) is 0 Å². The number of rotatable bonds is 55. The highest BCUT2D eigenvalue weighted by Gasteiger charge is 2.50. The molecule has 1 heterocycles. The third kappa shape index (κ3) is 48.6. The van der Waals surface area contributed by atoms with Gasteiger partial charge in [-0.3, -0.25) is 14.4 Å². The molecule has 1 rings (SSSR count). The van der Waals surface area contributed by atoms with Gasteiger partial charge in [-0.15, -0.1) is 0 Å². The number of carbonyl (C=O) groups is 4. The van der Waals surface area contributed by atoms with Gasteiger partial charge < -0.3 is 39.0 Å². The molecule has 0 radical (unpaired) electrons. The van der Waals surface area contributed by atoms with Crippen LogP contribution in [0.4, 0.5) is 0 Å². The minimum Gasteiger partial charge on any atom is -0.479 e. The van der Waals surface area contributed by atoms with Crippen LogP contribution in [0.2, 0.25) is 0 Å². The normalized spacial score (nSPS) is 18.3. The molecule has 480 valence electrons. The Hall–Kier alpha value is -5.14. The van der Waals surface area contributed by atoms with E-state index < -0.39 is 67.3 Å². The van der Waals surface area contributed by atoms with Gasteiger partial charge in [0.25, 0.3) is 0 Å². The van der Waals surface area contributed by atoms with Crippen LogP contribution in [0.15, 0.2) is 134 Å². The van der Waals surface area contributed by atoms with Crippen molar-refractivity contribution in [3.63, 3.8) is 0 Å². The van der Waals surface area contributed by atoms with Crippen LogP contribution in [0.5, 0.6) is 0 Å². The second-order valence-electron chi connectivity index (χ2n) is 22.0. The predicted molar refractivity (Wildman–Crippen MR) is 349 cm³/mol. The molecule has 0 spiro atoms. The zero-order chi connectivity index (χ0) is 61.7. The molecule has 0 aromatic carbocycles. The zero-order valence-electron chi connectivity index (χ0n) is 53.1. The van der Waals surface area contributed by atoms with Gasteiger partial charge in [-0.25, -0.2) is 4.79 Å². The van der Waals surface area contributed by atoms with E-state index in [0.717, 1.165) is 122 Å². The molecule has 1 aliphatic heterocycles. The third-order valence-corrected chi connectivity index (χ3v) is 14.2. The molecule has 1 saturated heterocycles. The summed E-state index contributed by atoms with van der Waals surface area (Å²) in [5, 5.41) is 31.6. The van der Waals surface area contributed by atoms with Gasteiger partial charge in [0.05, 0.1) is 6.61 Å². The molecule has 0 aliphatic carbocycles. The number of hydrogen-bond donors (Lipinski definition) is 3. The van der Waals surface area contributed by atoms with Gasteiger partial charge in [0.15, 0.2) is 24.6 Å². The van der Waals surface area contributed by atoms with Crippen molar-refractivity contribution < 1.29 is 58.2 Å². The smallest absolute Gasteiger partial charge is 0.335 e. The highest BCUT2D eigenvalue weighted by molar-refractivity contribution is 5.74. The SMILES string of the molecule is CC/C=C\C/C=C\C/C=C\C/C=C\C/C=C\C/C=C\CCC(=O)OCC(COC1OC(C(=O)O)C(O)C(O)C1OC(=O)CCCCCC/C=C\C/C=C\C/C=C\C/C=C\CC)OC(=O)CCCCCCCCCCC/C=C\CCCCCCCC. The number of aliphatic hydroxyl groups is 2. The number of carboxylic acid groups (broad SMARTS) is 1. The molecule has 6 atom stereocenters. The molecule has 0 aromatic rings. The number of unbranched alkanes of at least 4 members (excludes halogenated alkanes) is 19. The van der Waals surface area contributed by atoms with Crippen molar-refractivity contribution in [2.75, 3.05) is 13.2 Å². The fraction of sp³-hybridized carbons (Fsp3) is 0.644. The van der Waals surface area contributed by atoms with Gasteiger partial charge in [-0.05, 0) is 122 Å². The molecule has 0 bridgehead atoms. The minimum atomic E-state index is -1.93. The van der Waals surface area contributed by atoms with Gasteiger partial charge >= 0.3 is 23.9 Å². The maximum absolute atomic E-state index is 13.2. The fourth-order valence-corrected chi connectivity index (χ4v) is 9.20. The Kier molecular flexibility index (Phi) is 54.2. The molecule has 6 unspecified atom stereocenters. The molecular weight excluding hydrogens is 1070 g/mol. The second-order valence-corrected chi connectivity index (χ2v) is 22.0. The quantitative estimate of drug-likeness (QED) is 0.0228. The number of aliphatic hydroxyl groups excluding tert-OH is 2. The van der Waals surface area contributed by atoms with Crippen LogP contribution in [0.25, 0.3) is 0 Å². The first-order valence-electron chi connectivity index (χ1n) is 33.2. The van der Waals surface area contributed by atoms with Gasteiger partial charge in [0, 0.05) is 19.3 Å². The number of esters is 3. The molecule has 85 heavy (non-hydrogen) atoms. The van der Waals surface area contributed by atoms with Crippen molar-refractivity contribution in [2.45, 2.75) is 289 Å². The summed E-state index contributed by atoms with van der Waals surface area (Å²) in [5.41, 5.74) is 0. The highest BCUT2D eigenvalue weighted by atomic mass is 16.7. The molecule has 1 aliphatic rings. The van der Waals surface area contributed by atoms with Gasteiger partial charge in [0.1, 0.15) is 18.8 Å². The van der Waals surface area contributed by atoms with E-state index in [2.05, 4.69) is 142 Å². The van der Waals surface area contributed by atoms with Crippen molar-refractivity contribution in [3.05, 3.63) is 134 Å². The Balaban J connectivity index is 2.73. The molecule has 12 nitrogen and oxygen atoms in total. The van der Waals surface area contributed by atoms with Gasteiger partial charge in [-0.2, -0.15) is 0 Å². The van der Waals surface area contributed by atoms with Crippen LogP contribution in [0, 0.1) is 0 Å². The maximum Gasteiger partial charge on any atom is 0.335 e. The van der Waals surface area contributed by atoms with E-state index in [-0.39, 0.29) is 25.9 Å². The first-order valence-corrected chi connectivity index (χ1v) is 33.2. The number of ether oxygens (including phenoxy) is 5. The van der Waals surface area contributed by atoms with Crippen molar-refractivity contribution in [1.82, 2.24) is 0 Å². The summed E-state index contributed by atoms with van der Waals surface area (Å²) in [6.45, 7) is 5.70. The van der Waals surface area contributed by atoms with E-state index in [1.165, 1.54) is 70.6 Å². The summed E-state index contributed by atoms with van der Waals surface area (Å²) >= 11 is 0. The Bertz CT molecular complexity index is 1990. The molecule has 12 heteroatoms. The maximum atomic E-state index is 13.2. The van der Waals surface area contributed by atoms with Gasteiger partial charge in [-0.1, -0.05) is 244 Å². The van der Waals surface area contributed by atoms with E-state index in [1.807, 2.05) is 12.2 Å². The monoisotopic (exact) mass is 1180 g/mol. The number of carboxylic acids is 1. The first-order chi connectivity index (χ1) is 41.6. The summed E-state index contributed by atoms with van der Waals surface area (Å²) < 4.78 is 28.4. The lowest BCUT2D eigenvalue weighted by Crippen LogP contribution is -2.61. The van der Waals surface area contributed by atoms with Crippen molar-refractivity contribution in [3.8, 4) is 0 Å². The lowest BCUT2D eigenvalue weighted by molar-refractivity contribution is -0.301. The van der Waals surface area contributed by atoms with Crippen molar-refractivity contribution in [1.29, 1.82) is 0 Å². The van der Waals surface area contributed by atoms with Crippen LogP contribution >= 0.6 is 0 Å². The Morgan fingerprint density at radius 2 is 0.765 bits per heavy atom. The Morgan fingerprint density at radius 3 is 1.19 bits per heavy atom. The molecule has 0 aromatic heterocycles. The average molecular weight is 1190 g/mol. The Labute approximate surface area is 515 Å². The zero-order valence-corrected chi connectivity index (χ0v) is 53.1. The van der Waals surface area contributed by atoms with Crippen LogP contribution in [-0.2, 0) is 42.9 Å². The lowest BCUT2D eigenvalue weighted by atomic mass is 9.98. The largest absolute Gasteiger partial charge is 0.479 e. The van der Waals surface area contributed by atoms with Crippen LogP contribution in [-0.4, -0.2) is 89.2 Å². The third-order valence-electron chi connectivity index (χ3n) is 14.2. The Morgan fingerprint density at radius 1 is 0.400 bits per heavy atom. The van der Waals surface area contributed by atoms with E-state index in [0.29, 0.717) is 19.3 Å². The van der Waals surface area contributed by atoms with E-state index in [9.17, 15) is 34.5 Å². The lowest BCUT2D eigenvalue weighted by Gasteiger charge is -2.40. The summed E-state index contributed by atoms with van der Waals surface area (Å²) in [7, 11) is 0. The number of hydrogen-bond acceptors (Lipinski definition) is 11. The molecule has 1 fully saturated rings. The van der Waals surface area contributed by atoms with Crippen molar-refractivity contribution in [2.24, 2.45) is 0 Å². The summed E-state index contributed by atoms with van der Waals surface area (Å²) in [4.78, 5) is 51.4. The van der Waals surface area contributed by atoms with E-state index >= 15 is 0 Å². The number of allylic oxidation sites excluding steroid dienone is 22. The van der Waals surface area contributed by atoms with E-state index in [4.69, 9.17) is 23.7 Å².